The number of carboxylic acid groups (broad SMARTS) is 1. The maximum Gasteiger partial charge on any atom is 0.407 e. The second-order valence-corrected chi connectivity index (χ2v) is 3.26. The van der Waals surface area contributed by atoms with Crippen LogP contribution in [0.25, 0.3) is 0 Å². The number of aliphatic hydroxyl groups is 1. The molecule has 0 spiro atoms. The fraction of sp³-hybridized carbons (Fsp3) is 0.750. The molecule has 0 bridgehead atoms. The highest BCUT2D eigenvalue weighted by atomic mass is 16.5. The van der Waals surface area contributed by atoms with Gasteiger partial charge in [-0.25, -0.2) is 4.79 Å². The van der Waals surface area contributed by atoms with E-state index in [1.165, 1.54) is 7.11 Å². The van der Waals surface area contributed by atoms with Crippen LogP contribution in [-0.2, 0) is 9.53 Å². The Balaban J connectivity index is 2.57. The lowest BCUT2D eigenvalue weighted by Gasteiger charge is -2.19. The van der Waals surface area contributed by atoms with Gasteiger partial charge in [0.2, 0.25) is 0 Å². The van der Waals surface area contributed by atoms with Gasteiger partial charge in [-0.05, 0) is 6.42 Å². The Labute approximate surface area is 81.1 Å². The average molecular weight is 203 g/mol. The quantitative estimate of drug-likeness (QED) is 0.599. The molecule has 1 aliphatic heterocycles. The summed E-state index contributed by atoms with van der Waals surface area (Å²) in [6.45, 7) is 0.0665. The molecule has 2 N–H and O–H groups in total. The van der Waals surface area contributed by atoms with Crippen molar-refractivity contribution in [3.8, 4) is 0 Å². The summed E-state index contributed by atoms with van der Waals surface area (Å²) in [5.74, 6) is -0.463. The summed E-state index contributed by atoms with van der Waals surface area (Å²) in [6, 6.07) is -0.463. The van der Waals surface area contributed by atoms with Gasteiger partial charge in [-0.2, -0.15) is 0 Å². The van der Waals surface area contributed by atoms with Crippen LogP contribution < -0.4 is 0 Å². The van der Waals surface area contributed by atoms with E-state index in [1.54, 1.807) is 0 Å². The zero-order valence-corrected chi connectivity index (χ0v) is 7.84. The summed E-state index contributed by atoms with van der Waals surface area (Å²) in [4.78, 5) is 22.7. The SMILES string of the molecule is COC(=O)CC1CC(O)CN1C(=O)O. The van der Waals surface area contributed by atoms with Gasteiger partial charge in [-0.1, -0.05) is 0 Å². The topological polar surface area (TPSA) is 87.1 Å². The van der Waals surface area contributed by atoms with Gasteiger partial charge in [0.05, 0.1) is 26.2 Å². The molecular formula is C8H13NO5. The summed E-state index contributed by atoms with van der Waals surface area (Å²) < 4.78 is 4.44. The number of aliphatic hydroxyl groups excluding tert-OH is 1. The minimum Gasteiger partial charge on any atom is -0.469 e. The molecule has 1 rings (SSSR count). The fourth-order valence-corrected chi connectivity index (χ4v) is 1.60. The number of ether oxygens (including phenoxy) is 1. The first kappa shape index (κ1) is 10.8. The normalized spacial score (nSPS) is 26.3. The van der Waals surface area contributed by atoms with E-state index >= 15 is 0 Å². The summed E-state index contributed by atoms with van der Waals surface area (Å²) in [5, 5.41) is 18.0. The van der Waals surface area contributed by atoms with Crippen LogP contribution in [0.3, 0.4) is 0 Å². The maximum atomic E-state index is 10.9. The van der Waals surface area contributed by atoms with Gasteiger partial charge in [0.1, 0.15) is 0 Å². The van der Waals surface area contributed by atoms with Crippen LogP contribution in [0.5, 0.6) is 0 Å². The number of carbonyl (C=O) groups is 2. The van der Waals surface area contributed by atoms with Gasteiger partial charge in [-0.15, -0.1) is 0 Å². The average Bonchev–Trinajstić information content (AvgIpc) is 2.46. The zero-order valence-electron chi connectivity index (χ0n) is 7.84. The molecule has 14 heavy (non-hydrogen) atoms. The number of hydrogen-bond acceptors (Lipinski definition) is 4. The van der Waals surface area contributed by atoms with Gasteiger partial charge in [-0.3, -0.25) is 4.79 Å². The zero-order chi connectivity index (χ0) is 10.7. The van der Waals surface area contributed by atoms with Crippen LogP contribution in [0.2, 0.25) is 0 Å². The molecule has 0 radical (unpaired) electrons. The molecule has 1 aliphatic rings. The first-order chi connectivity index (χ1) is 6.54. The first-order valence-corrected chi connectivity index (χ1v) is 4.29. The van der Waals surface area contributed by atoms with Crippen molar-refractivity contribution in [1.29, 1.82) is 0 Å². The standard InChI is InChI=1S/C8H13NO5/c1-14-7(11)3-5-2-6(10)4-9(5)8(12)13/h5-6,10H,2-4H2,1H3,(H,12,13). The van der Waals surface area contributed by atoms with E-state index in [4.69, 9.17) is 5.11 Å². The van der Waals surface area contributed by atoms with Crippen molar-refractivity contribution in [1.82, 2.24) is 4.90 Å². The fourth-order valence-electron chi connectivity index (χ4n) is 1.60. The third-order valence-electron chi connectivity index (χ3n) is 2.27. The number of likely N-dealkylation sites (tertiary alicyclic amines) is 1. The van der Waals surface area contributed by atoms with Crippen LogP contribution in [0.4, 0.5) is 4.79 Å². The summed E-state index contributed by atoms with van der Waals surface area (Å²) in [7, 11) is 1.25. The Morgan fingerprint density at radius 2 is 2.21 bits per heavy atom. The third-order valence-corrected chi connectivity index (χ3v) is 2.27. The number of rotatable bonds is 2. The van der Waals surface area contributed by atoms with E-state index in [9.17, 15) is 14.7 Å². The lowest BCUT2D eigenvalue weighted by atomic mass is 10.1. The highest BCUT2D eigenvalue weighted by Crippen LogP contribution is 2.20. The summed E-state index contributed by atoms with van der Waals surface area (Å²) >= 11 is 0. The van der Waals surface area contributed by atoms with Crippen LogP contribution in [-0.4, -0.2) is 53.0 Å². The number of esters is 1. The van der Waals surface area contributed by atoms with E-state index < -0.39 is 24.2 Å². The number of β-amino-alcohol motifs (C(OH)–C–C–N with tert-alkyl or cyclic N) is 1. The van der Waals surface area contributed by atoms with Crippen molar-refractivity contribution in [3.05, 3.63) is 0 Å². The smallest absolute Gasteiger partial charge is 0.407 e. The molecule has 0 aromatic heterocycles. The maximum absolute atomic E-state index is 10.9. The Morgan fingerprint density at radius 1 is 1.57 bits per heavy atom. The van der Waals surface area contributed by atoms with Crippen molar-refractivity contribution < 1.29 is 24.5 Å². The number of hydrogen-bond donors (Lipinski definition) is 2. The second-order valence-electron chi connectivity index (χ2n) is 3.26. The van der Waals surface area contributed by atoms with Crippen LogP contribution in [0.1, 0.15) is 12.8 Å². The Hall–Kier alpha value is -1.30. The lowest BCUT2D eigenvalue weighted by molar-refractivity contribution is -0.141. The van der Waals surface area contributed by atoms with Crippen LogP contribution >= 0.6 is 0 Å². The third kappa shape index (κ3) is 2.35. The van der Waals surface area contributed by atoms with Crippen molar-refractivity contribution in [3.63, 3.8) is 0 Å². The molecule has 0 saturated carbocycles. The second kappa shape index (κ2) is 4.28. The lowest BCUT2D eigenvalue weighted by Crippen LogP contribution is -2.36. The van der Waals surface area contributed by atoms with Crippen LogP contribution in [0, 0.1) is 0 Å². The van der Waals surface area contributed by atoms with Gasteiger partial charge in [0.15, 0.2) is 0 Å². The minimum atomic E-state index is -1.12. The van der Waals surface area contributed by atoms with Gasteiger partial charge in [0, 0.05) is 6.04 Å². The number of amides is 1. The number of methoxy groups -OCH3 is 1. The number of nitrogens with zero attached hydrogens (tertiary/aromatic N) is 1. The van der Waals surface area contributed by atoms with Crippen molar-refractivity contribution >= 4 is 12.1 Å². The highest BCUT2D eigenvalue weighted by molar-refractivity contribution is 5.72. The minimum absolute atomic E-state index is 0.000139. The van der Waals surface area contributed by atoms with Gasteiger partial charge >= 0.3 is 12.1 Å². The predicted octanol–water partition coefficient (Wildman–Crippen LogP) is -0.337. The molecule has 1 fully saturated rings. The Kier molecular flexibility index (Phi) is 3.29. The molecule has 1 heterocycles. The van der Waals surface area contributed by atoms with E-state index in [2.05, 4.69) is 4.74 Å². The molecule has 6 nitrogen and oxygen atoms in total. The van der Waals surface area contributed by atoms with Crippen molar-refractivity contribution in [2.24, 2.45) is 0 Å². The van der Waals surface area contributed by atoms with E-state index in [-0.39, 0.29) is 13.0 Å². The Bertz CT molecular complexity index is 242. The van der Waals surface area contributed by atoms with E-state index in [1.807, 2.05) is 0 Å². The molecule has 1 saturated heterocycles. The molecule has 1 amide bonds. The van der Waals surface area contributed by atoms with E-state index in [0.717, 1.165) is 4.90 Å². The van der Waals surface area contributed by atoms with Crippen molar-refractivity contribution in [2.75, 3.05) is 13.7 Å². The molecule has 80 valence electrons. The molecule has 0 aromatic carbocycles. The molecule has 2 atom stereocenters. The van der Waals surface area contributed by atoms with Crippen molar-refractivity contribution in [2.45, 2.75) is 25.0 Å². The summed E-state index contributed by atoms with van der Waals surface area (Å²) in [6.07, 6.45) is -1.50. The number of carbonyl (C=O) groups excluding carboxylic acids is 1. The summed E-state index contributed by atoms with van der Waals surface area (Å²) in [5.41, 5.74) is 0. The monoisotopic (exact) mass is 203 g/mol. The highest BCUT2D eigenvalue weighted by Gasteiger charge is 2.35. The van der Waals surface area contributed by atoms with E-state index in [0.29, 0.717) is 6.42 Å². The largest absolute Gasteiger partial charge is 0.469 e. The Morgan fingerprint density at radius 3 is 2.71 bits per heavy atom. The predicted molar refractivity (Wildman–Crippen MR) is 45.8 cm³/mol. The molecule has 0 aromatic rings. The molecule has 2 unspecified atom stereocenters. The molecule has 6 heteroatoms. The molecular weight excluding hydrogens is 190 g/mol. The van der Waals surface area contributed by atoms with Gasteiger partial charge in [0.25, 0.3) is 0 Å². The van der Waals surface area contributed by atoms with Gasteiger partial charge < -0.3 is 19.8 Å². The molecule has 0 aliphatic carbocycles. The van der Waals surface area contributed by atoms with Crippen LogP contribution in [0.15, 0.2) is 0 Å². The first-order valence-electron chi connectivity index (χ1n) is 4.29.